The highest BCUT2D eigenvalue weighted by Gasteiger charge is 2.41. The molecule has 2 aromatic rings. The lowest BCUT2D eigenvalue weighted by molar-refractivity contribution is -0.148. The third kappa shape index (κ3) is 5.72. The molecule has 0 aliphatic carbocycles. The second-order valence-corrected chi connectivity index (χ2v) is 8.86. The number of ether oxygens (including phenoxy) is 1. The summed E-state index contributed by atoms with van der Waals surface area (Å²) in [6, 6.07) is 8.55. The van der Waals surface area contributed by atoms with Crippen LogP contribution in [0, 0.1) is 17.1 Å². The Bertz CT molecular complexity index is 1120. The molecule has 0 N–H and O–H groups in total. The molecule has 180 valence electrons. The number of hydrogen-bond donors (Lipinski definition) is 0. The van der Waals surface area contributed by atoms with Crippen LogP contribution < -0.4 is 4.90 Å². The summed E-state index contributed by atoms with van der Waals surface area (Å²) in [5.74, 6) is -1.95. The topological polar surface area (TPSA) is 73.6 Å². The van der Waals surface area contributed by atoms with Crippen molar-refractivity contribution in [3.8, 4) is 6.07 Å². The van der Waals surface area contributed by atoms with E-state index < -0.39 is 47.6 Å². The second-order valence-electron chi connectivity index (χ2n) is 8.86. The van der Waals surface area contributed by atoms with E-state index in [4.69, 9.17) is 10.00 Å². The van der Waals surface area contributed by atoms with Gasteiger partial charge in [0.05, 0.1) is 35.1 Å². The largest absolute Gasteiger partial charge is 0.416 e. The molecule has 1 aliphatic heterocycles. The zero-order valence-electron chi connectivity index (χ0n) is 18.8. The van der Waals surface area contributed by atoms with Gasteiger partial charge in [0.1, 0.15) is 18.4 Å². The molecule has 2 amide bonds. The van der Waals surface area contributed by atoms with E-state index >= 15 is 0 Å². The first kappa shape index (κ1) is 25.2. The minimum Gasteiger partial charge on any atom is -0.373 e. The van der Waals surface area contributed by atoms with Gasteiger partial charge in [-0.15, -0.1) is 0 Å². The van der Waals surface area contributed by atoms with Gasteiger partial charge in [0, 0.05) is 6.54 Å². The van der Waals surface area contributed by atoms with Crippen molar-refractivity contribution in [3.05, 3.63) is 65.0 Å². The van der Waals surface area contributed by atoms with Crippen molar-refractivity contribution in [2.24, 2.45) is 0 Å². The van der Waals surface area contributed by atoms with E-state index in [1.54, 1.807) is 26.8 Å². The highest BCUT2D eigenvalue weighted by molar-refractivity contribution is 6.06. The van der Waals surface area contributed by atoms with E-state index in [0.717, 1.165) is 23.1 Å². The molecule has 1 fully saturated rings. The van der Waals surface area contributed by atoms with Crippen LogP contribution in [0.4, 0.5) is 23.2 Å². The standard InChI is InChI=1S/C24H23F4N3O3/c1-23(2,3)34-14-20-22(33)31(19-9-6-16(11-29)10-18(19)25)13-21(32)30(20)12-15-4-7-17(8-5-15)24(26,27)28/h4-10,20H,12-14H2,1-3H3/t20-/m0/s1. The molecule has 0 radical (unpaired) electrons. The van der Waals surface area contributed by atoms with Crippen LogP contribution in [-0.2, 0) is 27.0 Å². The maximum Gasteiger partial charge on any atom is 0.416 e. The number of benzene rings is 2. The van der Waals surface area contributed by atoms with Crippen molar-refractivity contribution >= 4 is 17.5 Å². The number of amides is 2. The molecule has 0 unspecified atom stereocenters. The van der Waals surface area contributed by atoms with Gasteiger partial charge in [-0.25, -0.2) is 4.39 Å². The van der Waals surface area contributed by atoms with Crippen LogP contribution in [0.2, 0.25) is 0 Å². The van der Waals surface area contributed by atoms with E-state index in [1.165, 1.54) is 29.2 Å². The van der Waals surface area contributed by atoms with E-state index in [-0.39, 0.29) is 24.4 Å². The Balaban J connectivity index is 1.91. The molecule has 3 rings (SSSR count). The number of piperazine rings is 1. The molecule has 1 aliphatic rings. The summed E-state index contributed by atoms with van der Waals surface area (Å²) >= 11 is 0. The molecule has 10 heteroatoms. The smallest absolute Gasteiger partial charge is 0.373 e. The third-order valence-corrected chi connectivity index (χ3v) is 5.22. The fourth-order valence-electron chi connectivity index (χ4n) is 3.47. The number of nitrogens with zero attached hydrogens (tertiary/aromatic N) is 3. The van der Waals surface area contributed by atoms with Gasteiger partial charge in [-0.1, -0.05) is 12.1 Å². The van der Waals surface area contributed by atoms with Gasteiger partial charge >= 0.3 is 6.18 Å². The molecule has 1 atom stereocenters. The molecule has 6 nitrogen and oxygen atoms in total. The summed E-state index contributed by atoms with van der Waals surface area (Å²) in [6.45, 7) is 4.52. The van der Waals surface area contributed by atoms with Gasteiger partial charge < -0.3 is 9.64 Å². The summed E-state index contributed by atoms with van der Waals surface area (Å²) in [4.78, 5) is 28.6. The van der Waals surface area contributed by atoms with Gasteiger partial charge in [0.15, 0.2) is 0 Å². The fourth-order valence-corrected chi connectivity index (χ4v) is 3.47. The molecular formula is C24H23F4N3O3. The van der Waals surface area contributed by atoms with Crippen LogP contribution in [0.1, 0.15) is 37.5 Å². The van der Waals surface area contributed by atoms with E-state index in [0.29, 0.717) is 5.56 Å². The number of rotatable bonds is 5. The number of nitriles is 1. The number of carbonyl (C=O) groups is 2. The highest BCUT2D eigenvalue weighted by atomic mass is 19.4. The molecule has 34 heavy (non-hydrogen) atoms. The van der Waals surface area contributed by atoms with Crippen molar-refractivity contribution in [1.29, 1.82) is 5.26 Å². The predicted molar refractivity (Wildman–Crippen MR) is 115 cm³/mol. The quantitative estimate of drug-likeness (QED) is 0.603. The van der Waals surface area contributed by atoms with Crippen molar-refractivity contribution in [1.82, 2.24) is 4.90 Å². The Hall–Kier alpha value is -3.45. The fraction of sp³-hybridized carbons (Fsp3) is 0.375. The van der Waals surface area contributed by atoms with Crippen LogP contribution in [0.5, 0.6) is 0 Å². The Morgan fingerprint density at radius 1 is 1.09 bits per heavy atom. The maximum absolute atomic E-state index is 14.6. The summed E-state index contributed by atoms with van der Waals surface area (Å²) in [5.41, 5.74) is -1.16. The number of carbonyl (C=O) groups excluding carboxylic acids is 2. The van der Waals surface area contributed by atoms with Crippen LogP contribution >= 0.6 is 0 Å². The minimum absolute atomic E-state index is 0.0635. The Labute approximate surface area is 194 Å². The minimum atomic E-state index is -4.50. The van der Waals surface area contributed by atoms with Gasteiger partial charge in [0.2, 0.25) is 5.91 Å². The third-order valence-electron chi connectivity index (χ3n) is 5.22. The van der Waals surface area contributed by atoms with Crippen molar-refractivity contribution in [2.45, 2.75) is 45.1 Å². The van der Waals surface area contributed by atoms with E-state index in [1.807, 2.05) is 0 Å². The van der Waals surface area contributed by atoms with Crippen molar-refractivity contribution in [2.75, 3.05) is 18.1 Å². The number of hydrogen-bond acceptors (Lipinski definition) is 4. The molecule has 0 saturated carbocycles. The Kier molecular flexibility index (Phi) is 6.98. The average molecular weight is 477 g/mol. The van der Waals surface area contributed by atoms with E-state index in [2.05, 4.69) is 0 Å². The lowest BCUT2D eigenvalue weighted by atomic mass is 10.1. The van der Waals surface area contributed by atoms with Gasteiger partial charge in [-0.2, -0.15) is 18.4 Å². The number of alkyl halides is 3. The number of anilines is 1. The molecule has 0 aromatic heterocycles. The first-order chi connectivity index (χ1) is 15.8. The molecular weight excluding hydrogens is 454 g/mol. The van der Waals surface area contributed by atoms with Crippen LogP contribution in [-0.4, -0.2) is 41.5 Å². The monoisotopic (exact) mass is 477 g/mol. The summed E-state index contributed by atoms with van der Waals surface area (Å²) in [7, 11) is 0. The van der Waals surface area contributed by atoms with Crippen LogP contribution in [0.15, 0.2) is 42.5 Å². The lowest BCUT2D eigenvalue weighted by Gasteiger charge is -2.41. The SMILES string of the molecule is CC(C)(C)OC[C@H]1C(=O)N(c2ccc(C#N)cc2F)CC(=O)N1Cc1ccc(C(F)(F)F)cc1. The van der Waals surface area contributed by atoms with E-state index in [9.17, 15) is 27.2 Å². The zero-order chi connectivity index (χ0) is 25.3. The molecule has 1 heterocycles. The summed E-state index contributed by atoms with van der Waals surface area (Å²) < 4.78 is 59.0. The summed E-state index contributed by atoms with van der Waals surface area (Å²) in [6.07, 6.45) is -4.50. The normalized spacial score (nSPS) is 17.2. The molecule has 1 saturated heterocycles. The Morgan fingerprint density at radius 2 is 1.74 bits per heavy atom. The molecule has 2 aromatic carbocycles. The Morgan fingerprint density at radius 3 is 2.26 bits per heavy atom. The maximum atomic E-state index is 14.6. The van der Waals surface area contributed by atoms with Gasteiger partial charge in [-0.05, 0) is 56.7 Å². The molecule has 0 spiro atoms. The summed E-state index contributed by atoms with van der Waals surface area (Å²) in [5, 5.41) is 8.95. The van der Waals surface area contributed by atoms with Gasteiger partial charge in [0.25, 0.3) is 5.91 Å². The average Bonchev–Trinajstić information content (AvgIpc) is 2.75. The predicted octanol–water partition coefficient (Wildman–Crippen LogP) is 4.28. The van der Waals surface area contributed by atoms with Crippen molar-refractivity contribution in [3.63, 3.8) is 0 Å². The van der Waals surface area contributed by atoms with Crippen LogP contribution in [0.25, 0.3) is 0 Å². The van der Waals surface area contributed by atoms with Crippen molar-refractivity contribution < 1.29 is 31.9 Å². The second kappa shape index (κ2) is 9.43. The van der Waals surface area contributed by atoms with Gasteiger partial charge in [-0.3, -0.25) is 14.5 Å². The van der Waals surface area contributed by atoms with Crippen LogP contribution in [0.3, 0.4) is 0 Å². The zero-order valence-corrected chi connectivity index (χ0v) is 18.8. The number of halogens is 4. The highest BCUT2D eigenvalue weighted by Crippen LogP contribution is 2.30. The first-order valence-electron chi connectivity index (χ1n) is 10.4. The molecule has 0 bridgehead atoms. The first-order valence-corrected chi connectivity index (χ1v) is 10.4. The lowest BCUT2D eigenvalue weighted by Crippen LogP contribution is -2.61.